The molecule has 1 atom stereocenters. The first-order valence-corrected chi connectivity index (χ1v) is 7.94. The number of hydrogen-bond donors (Lipinski definition) is 1. The molecule has 2 aromatic rings. The fraction of sp³-hybridized carbons (Fsp3) is 0.467. The van der Waals surface area contributed by atoms with E-state index in [2.05, 4.69) is 38.3 Å². The van der Waals surface area contributed by atoms with Gasteiger partial charge in [0.15, 0.2) is 0 Å². The molecule has 1 saturated heterocycles. The van der Waals surface area contributed by atoms with Crippen LogP contribution < -0.4 is 5.32 Å². The number of nitrogens with one attached hydrogen (secondary N) is 1. The minimum Gasteiger partial charge on any atom is -0.338 e. The zero-order valence-corrected chi connectivity index (χ0v) is 13.4. The van der Waals surface area contributed by atoms with Crippen LogP contribution in [0.25, 0.3) is 11.4 Å². The second kappa shape index (κ2) is 5.85. The molecular formula is C15H17BrFN3O. The van der Waals surface area contributed by atoms with Gasteiger partial charge in [-0.25, -0.2) is 4.39 Å². The molecule has 0 amide bonds. The molecule has 0 aliphatic carbocycles. The van der Waals surface area contributed by atoms with Crippen molar-refractivity contribution in [3.63, 3.8) is 0 Å². The van der Waals surface area contributed by atoms with Crippen LogP contribution >= 0.6 is 15.9 Å². The van der Waals surface area contributed by atoms with E-state index < -0.39 is 0 Å². The summed E-state index contributed by atoms with van der Waals surface area (Å²) in [6.07, 6.45) is 3.06. The van der Waals surface area contributed by atoms with Gasteiger partial charge >= 0.3 is 0 Å². The summed E-state index contributed by atoms with van der Waals surface area (Å²) in [5.41, 5.74) is 0.541. The molecule has 4 nitrogen and oxygen atoms in total. The van der Waals surface area contributed by atoms with E-state index in [1.54, 1.807) is 6.07 Å². The van der Waals surface area contributed by atoms with Gasteiger partial charge in [0.25, 0.3) is 0 Å². The molecule has 1 fully saturated rings. The minimum absolute atomic E-state index is 0.0788. The van der Waals surface area contributed by atoms with Crippen LogP contribution in [0.1, 0.15) is 32.1 Å². The van der Waals surface area contributed by atoms with E-state index in [0.29, 0.717) is 21.8 Å². The molecule has 0 spiro atoms. The van der Waals surface area contributed by atoms with E-state index >= 15 is 0 Å². The highest BCUT2D eigenvalue weighted by atomic mass is 79.9. The van der Waals surface area contributed by atoms with Gasteiger partial charge in [0.2, 0.25) is 11.7 Å². The predicted molar refractivity (Wildman–Crippen MR) is 81.5 cm³/mol. The highest BCUT2D eigenvalue weighted by Crippen LogP contribution is 2.35. The van der Waals surface area contributed by atoms with Gasteiger partial charge < -0.3 is 9.84 Å². The van der Waals surface area contributed by atoms with Gasteiger partial charge in [-0.15, -0.1) is 0 Å². The van der Waals surface area contributed by atoms with E-state index in [0.717, 1.165) is 32.4 Å². The van der Waals surface area contributed by atoms with Crippen LogP contribution in [0.2, 0.25) is 0 Å². The number of halogens is 2. The van der Waals surface area contributed by atoms with E-state index in [-0.39, 0.29) is 11.2 Å². The van der Waals surface area contributed by atoms with Gasteiger partial charge in [-0.05, 0) is 37.6 Å². The maximum absolute atomic E-state index is 13.5. The molecule has 2 heterocycles. The van der Waals surface area contributed by atoms with Crippen LogP contribution in [0.3, 0.4) is 0 Å². The second-order valence-corrected chi connectivity index (χ2v) is 6.45. The molecule has 1 aromatic carbocycles. The fourth-order valence-electron chi connectivity index (χ4n) is 2.96. The van der Waals surface area contributed by atoms with Crippen molar-refractivity contribution in [3.8, 4) is 11.4 Å². The molecule has 112 valence electrons. The molecule has 0 radical (unpaired) electrons. The Kier molecular flexibility index (Phi) is 4.08. The predicted octanol–water partition coefficient (Wildman–Crippen LogP) is 3.67. The van der Waals surface area contributed by atoms with Crippen molar-refractivity contribution in [1.29, 1.82) is 0 Å². The molecule has 1 aliphatic heterocycles. The third kappa shape index (κ3) is 2.87. The van der Waals surface area contributed by atoms with Gasteiger partial charge in [-0.1, -0.05) is 34.4 Å². The third-order valence-corrected chi connectivity index (χ3v) is 4.43. The Morgan fingerprint density at radius 1 is 1.43 bits per heavy atom. The highest BCUT2D eigenvalue weighted by Gasteiger charge is 2.40. The van der Waals surface area contributed by atoms with Gasteiger partial charge in [0.1, 0.15) is 5.82 Å². The SMILES string of the molecule is CCCC1(c2nc(-c3cc(F)cc(Br)c3)no2)CCNC1. The average molecular weight is 354 g/mol. The molecule has 1 aromatic heterocycles. The monoisotopic (exact) mass is 353 g/mol. The summed E-state index contributed by atoms with van der Waals surface area (Å²) in [7, 11) is 0. The number of aromatic nitrogens is 2. The number of benzene rings is 1. The molecule has 0 saturated carbocycles. The molecule has 3 rings (SSSR count). The molecule has 21 heavy (non-hydrogen) atoms. The Morgan fingerprint density at radius 2 is 2.29 bits per heavy atom. The number of hydrogen-bond acceptors (Lipinski definition) is 4. The highest BCUT2D eigenvalue weighted by molar-refractivity contribution is 9.10. The van der Waals surface area contributed by atoms with E-state index in [1.165, 1.54) is 12.1 Å². The van der Waals surface area contributed by atoms with E-state index in [4.69, 9.17) is 4.52 Å². The topological polar surface area (TPSA) is 51.0 Å². The molecule has 1 unspecified atom stereocenters. The Labute approximate surface area is 131 Å². The van der Waals surface area contributed by atoms with Crippen molar-refractivity contribution >= 4 is 15.9 Å². The molecular weight excluding hydrogens is 337 g/mol. The zero-order chi connectivity index (χ0) is 14.9. The van der Waals surface area contributed by atoms with Crippen molar-refractivity contribution < 1.29 is 8.91 Å². The molecule has 0 bridgehead atoms. The lowest BCUT2D eigenvalue weighted by Gasteiger charge is -2.22. The van der Waals surface area contributed by atoms with Crippen molar-refractivity contribution in [2.24, 2.45) is 0 Å². The smallest absolute Gasteiger partial charge is 0.234 e. The Morgan fingerprint density at radius 3 is 2.95 bits per heavy atom. The van der Waals surface area contributed by atoms with Gasteiger partial charge in [0.05, 0.1) is 5.41 Å². The first kappa shape index (κ1) is 14.7. The average Bonchev–Trinajstić information content (AvgIpc) is 3.07. The van der Waals surface area contributed by atoms with Gasteiger partial charge in [0, 0.05) is 16.6 Å². The van der Waals surface area contributed by atoms with Crippen molar-refractivity contribution in [2.75, 3.05) is 13.1 Å². The summed E-state index contributed by atoms with van der Waals surface area (Å²) in [5.74, 6) is 0.772. The maximum Gasteiger partial charge on any atom is 0.234 e. The minimum atomic E-state index is -0.323. The van der Waals surface area contributed by atoms with Crippen molar-refractivity contribution in [2.45, 2.75) is 31.6 Å². The maximum atomic E-state index is 13.5. The molecule has 1 aliphatic rings. The summed E-state index contributed by atoms with van der Waals surface area (Å²) >= 11 is 3.28. The summed E-state index contributed by atoms with van der Waals surface area (Å²) in [5, 5.41) is 7.41. The van der Waals surface area contributed by atoms with Crippen molar-refractivity contribution in [3.05, 3.63) is 34.4 Å². The normalized spacial score (nSPS) is 21.9. The van der Waals surface area contributed by atoms with Crippen LogP contribution in [0.4, 0.5) is 4.39 Å². The van der Waals surface area contributed by atoms with Crippen LogP contribution in [0, 0.1) is 5.82 Å². The van der Waals surface area contributed by atoms with Crippen LogP contribution in [0.5, 0.6) is 0 Å². The van der Waals surface area contributed by atoms with E-state index in [1.807, 2.05) is 0 Å². The third-order valence-electron chi connectivity index (χ3n) is 3.97. The Bertz CT molecular complexity index is 617. The summed E-state index contributed by atoms with van der Waals surface area (Å²) in [6.45, 7) is 3.97. The fourth-order valence-corrected chi connectivity index (χ4v) is 3.43. The Hall–Kier alpha value is -1.27. The first-order chi connectivity index (χ1) is 10.1. The van der Waals surface area contributed by atoms with Gasteiger partial charge in [-0.3, -0.25) is 0 Å². The zero-order valence-electron chi connectivity index (χ0n) is 11.8. The summed E-state index contributed by atoms with van der Waals surface area (Å²) < 4.78 is 19.7. The Balaban J connectivity index is 1.95. The molecule has 6 heteroatoms. The van der Waals surface area contributed by atoms with Crippen LogP contribution in [-0.4, -0.2) is 23.2 Å². The molecule has 1 N–H and O–H groups in total. The van der Waals surface area contributed by atoms with Gasteiger partial charge in [-0.2, -0.15) is 4.98 Å². The van der Waals surface area contributed by atoms with Crippen LogP contribution in [-0.2, 0) is 5.41 Å². The van der Waals surface area contributed by atoms with Crippen LogP contribution in [0.15, 0.2) is 27.2 Å². The van der Waals surface area contributed by atoms with Crippen molar-refractivity contribution in [1.82, 2.24) is 15.5 Å². The lowest BCUT2D eigenvalue weighted by Crippen LogP contribution is -2.29. The second-order valence-electron chi connectivity index (χ2n) is 5.54. The largest absolute Gasteiger partial charge is 0.338 e. The van der Waals surface area contributed by atoms with E-state index in [9.17, 15) is 4.39 Å². The standard InChI is InChI=1S/C15H17BrFN3O/c1-2-3-15(4-5-18-9-15)14-19-13(20-21-14)10-6-11(16)8-12(17)7-10/h6-8,18H,2-5,9H2,1H3. The lowest BCUT2D eigenvalue weighted by atomic mass is 9.82. The quantitative estimate of drug-likeness (QED) is 0.910. The number of rotatable bonds is 4. The lowest BCUT2D eigenvalue weighted by molar-refractivity contribution is 0.277. The summed E-state index contributed by atoms with van der Waals surface area (Å²) in [4.78, 5) is 4.53. The first-order valence-electron chi connectivity index (χ1n) is 7.14. The summed E-state index contributed by atoms with van der Waals surface area (Å²) in [6, 6.07) is 4.61. The number of nitrogens with zero attached hydrogens (tertiary/aromatic N) is 2.